The number of aryl methyl sites for hydroxylation is 1. The zero-order valence-electron chi connectivity index (χ0n) is 19.7. The molecule has 0 saturated carbocycles. The van der Waals surface area contributed by atoms with Crippen LogP contribution in [0.3, 0.4) is 0 Å². The molecule has 5 rings (SSSR count). The minimum atomic E-state index is -0.399. The van der Waals surface area contributed by atoms with E-state index in [1.807, 2.05) is 67.6 Å². The first-order valence-corrected chi connectivity index (χ1v) is 11.3. The van der Waals surface area contributed by atoms with Crippen LogP contribution in [0.25, 0.3) is 28.0 Å². The first kappa shape index (κ1) is 22.8. The molecule has 2 aromatic heterocycles. The molecule has 0 radical (unpaired) electrons. The highest BCUT2D eigenvalue weighted by Crippen LogP contribution is 2.29. The second-order valence-electron chi connectivity index (χ2n) is 8.08. The largest absolute Gasteiger partial charge is 0.504 e. The van der Waals surface area contributed by atoms with Gasteiger partial charge in [-0.1, -0.05) is 48.5 Å². The molecule has 2 N–H and O–H groups in total. The van der Waals surface area contributed by atoms with Crippen LogP contribution < -0.4 is 10.2 Å². The highest BCUT2D eigenvalue weighted by molar-refractivity contribution is 6.08. The molecule has 0 saturated heterocycles. The van der Waals surface area contributed by atoms with Crippen LogP contribution >= 0.6 is 0 Å². The minimum Gasteiger partial charge on any atom is -0.504 e. The number of ether oxygens (including phenoxy) is 1. The van der Waals surface area contributed by atoms with Gasteiger partial charge in [-0.15, -0.1) is 0 Å². The summed E-state index contributed by atoms with van der Waals surface area (Å²) in [5.41, 5.74) is 7.23. The number of hydrogen-bond donors (Lipinski definition) is 2. The van der Waals surface area contributed by atoms with E-state index >= 15 is 0 Å². The summed E-state index contributed by atoms with van der Waals surface area (Å²) >= 11 is 0. The van der Waals surface area contributed by atoms with E-state index in [-0.39, 0.29) is 5.75 Å². The van der Waals surface area contributed by atoms with E-state index in [4.69, 9.17) is 9.72 Å². The summed E-state index contributed by atoms with van der Waals surface area (Å²) in [6, 6.07) is 25.9. The Hall–Kier alpha value is -4.98. The molecule has 0 aliphatic rings. The Balaban J connectivity index is 1.56. The number of hydrazone groups is 1. The second kappa shape index (κ2) is 9.71. The van der Waals surface area contributed by atoms with Crippen molar-refractivity contribution in [2.45, 2.75) is 6.92 Å². The summed E-state index contributed by atoms with van der Waals surface area (Å²) in [5, 5.41) is 19.4. The smallest absolute Gasteiger partial charge is 0.272 e. The number of para-hydroxylation sites is 1. The summed E-state index contributed by atoms with van der Waals surface area (Å²) in [4.78, 5) is 18.2. The van der Waals surface area contributed by atoms with E-state index in [1.54, 1.807) is 22.9 Å². The van der Waals surface area contributed by atoms with Crippen molar-refractivity contribution in [3.8, 4) is 28.4 Å². The number of nitrogens with zero attached hydrogens (tertiary/aromatic N) is 4. The summed E-state index contributed by atoms with van der Waals surface area (Å²) in [6.07, 6.45) is 1.45. The maximum atomic E-state index is 13.3. The lowest BCUT2D eigenvalue weighted by molar-refractivity contribution is 0.0956. The molecule has 0 unspecified atom stereocenters. The van der Waals surface area contributed by atoms with E-state index in [9.17, 15) is 9.90 Å². The van der Waals surface area contributed by atoms with Crippen molar-refractivity contribution in [3.63, 3.8) is 0 Å². The third-order valence-electron chi connectivity index (χ3n) is 5.71. The molecule has 3 aromatic carbocycles. The molecule has 8 nitrogen and oxygen atoms in total. The number of aromatic hydroxyl groups is 1. The Bertz CT molecular complexity index is 1580. The zero-order chi connectivity index (χ0) is 25.1. The Labute approximate surface area is 207 Å². The van der Waals surface area contributed by atoms with Gasteiger partial charge in [-0.2, -0.15) is 10.2 Å². The van der Waals surface area contributed by atoms with Gasteiger partial charge in [-0.3, -0.25) is 4.79 Å². The quantitative estimate of drug-likeness (QED) is 0.268. The normalized spacial score (nSPS) is 11.2. The van der Waals surface area contributed by atoms with Crippen LogP contribution in [0.2, 0.25) is 0 Å². The van der Waals surface area contributed by atoms with Crippen molar-refractivity contribution in [1.82, 2.24) is 20.2 Å². The number of aromatic nitrogens is 3. The molecular formula is C28H23N5O3. The summed E-state index contributed by atoms with van der Waals surface area (Å²) in [5.74, 6) is -0.0564. The van der Waals surface area contributed by atoms with Crippen molar-refractivity contribution >= 4 is 23.2 Å². The van der Waals surface area contributed by atoms with Crippen LogP contribution in [0.15, 0.2) is 90.0 Å². The molecule has 2 heterocycles. The lowest BCUT2D eigenvalue weighted by Gasteiger charge is -2.09. The molecule has 178 valence electrons. The van der Waals surface area contributed by atoms with Crippen LogP contribution in [0, 0.1) is 6.92 Å². The van der Waals surface area contributed by atoms with Gasteiger partial charge in [0.25, 0.3) is 5.91 Å². The van der Waals surface area contributed by atoms with Crippen molar-refractivity contribution in [1.29, 1.82) is 0 Å². The fraction of sp³-hybridized carbons (Fsp3) is 0.0714. The fourth-order valence-corrected chi connectivity index (χ4v) is 3.99. The van der Waals surface area contributed by atoms with Crippen LogP contribution in [-0.2, 0) is 0 Å². The second-order valence-corrected chi connectivity index (χ2v) is 8.08. The summed E-state index contributed by atoms with van der Waals surface area (Å²) in [6.45, 7) is 1.85. The number of methoxy groups -OCH3 is 1. The number of carbonyl (C=O) groups is 1. The van der Waals surface area contributed by atoms with E-state index in [0.29, 0.717) is 39.3 Å². The molecule has 5 aromatic rings. The molecule has 0 fully saturated rings. The number of phenolic OH excluding ortho intramolecular Hbond substituents is 1. The van der Waals surface area contributed by atoms with Gasteiger partial charge in [0.15, 0.2) is 17.1 Å². The van der Waals surface area contributed by atoms with Crippen molar-refractivity contribution in [3.05, 3.63) is 102 Å². The van der Waals surface area contributed by atoms with Gasteiger partial charge in [-0.05, 0) is 48.9 Å². The Morgan fingerprint density at radius 2 is 1.75 bits per heavy atom. The van der Waals surface area contributed by atoms with Gasteiger partial charge < -0.3 is 9.84 Å². The third-order valence-corrected chi connectivity index (χ3v) is 5.71. The summed E-state index contributed by atoms with van der Waals surface area (Å²) < 4.78 is 6.80. The van der Waals surface area contributed by atoms with Gasteiger partial charge in [0, 0.05) is 5.56 Å². The topological polar surface area (TPSA) is 102 Å². The highest BCUT2D eigenvalue weighted by atomic mass is 16.5. The van der Waals surface area contributed by atoms with Crippen LogP contribution in [0.1, 0.15) is 21.6 Å². The van der Waals surface area contributed by atoms with E-state index < -0.39 is 5.91 Å². The number of benzene rings is 3. The van der Waals surface area contributed by atoms with Gasteiger partial charge in [0.2, 0.25) is 0 Å². The van der Waals surface area contributed by atoms with Crippen LogP contribution in [0.4, 0.5) is 0 Å². The number of amides is 1. The first-order valence-electron chi connectivity index (χ1n) is 11.3. The maximum absolute atomic E-state index is 13.3. The van der Waals surface area contributed by atoms with Gasteiger partial charge in [-0.25, -0.2) is 15.1 Å². The number of phenols is 1. The average molecular weight is 478 g/mol. The predicted octanol–water partition coefficient (Wildman–Crippen LogP) is 4.87. The third kappa shape index (κ3) is 4.39. The lowest BCUT2D eigenvalue weighted by atomic mass is 10.1. The average Bonchev–Trinajstić information content (AvgIpc) is 3.25. The number of hydrogen-bond acceptors (Lipinski definition) is 6. The molecule has 36 heavy (non-hydrogen) atoms. The molecular weight excluding hydrogens is 454 g/mol. The highest BCUT2D eigenvalue weighted by Gasteiger charge is 2.20. The standard InChI is InChI=1S/C28H23N5O3/c1-18-26-22(28(35)31-29-17-19-13-14-25(36-2)24(34)15-19)16-23(20-9-5-3-6-10-20)30-27(26)33(32-18)21-11-7-4-8-12-21/h3-17,34H,1-2H3,(H,31,35)/b29-17+. The van der Waals surface area contributed by atoms with Crippen molar-refractivity contribution in [2.24, 2.45) is 5.10 Å². The fourth-order valence-electron chi connectivity index (χ4n) is 3.99. The molecule has 0 atom stereocenters. The Morgan fingerprint density at radius 3 is 2.44 bits per heavy atom. The lowest BCUT2D eigenvalue weighted by Crippen LogP contribution is -2.18. The van der Waals surface area contributed by atoms with Crippen molar-refractivity contribution < 1.29 is 14.6 Å². The maximum Gasteiger partial charge on any atom is 0.272 e. The van der Waals surface area contributed by atoms with Gasteiger partial charge in [0.1, 0.15) is 0 Å². The number of fused-ring (bicyclic) bond motifs is 1. The number of rotatable bonds is 6. The molecule has 8 heteroatoms. The van der Waals surface area contributed by atoms with Crippen molar-refractivity contribution in [2.75, 3.05) is 7.11 Å². The zero-order valence-corrected chi connectivity index (χ0v) is 19.7. The van der Waals surface area contributed by atoms with Gasteiger partial charge >= 0.3 is 0 Å². The van der Waals surface area contributed by atoms with E-state index in [2.05, 4.69) is 15.6 Å². The van der Waals surface area contributed by atoms with Crippen LogP contribution in [-0.4, -0.2) is 39.1 Å². The predicted molar refractivity (Wildman–Crippen MR) is 139 cm³/mol. The minimum absolute atomic E-state index is 0.0138. The molecule has 0 bridgehead atoms. The Morgan fingerprint density at radius 1 is 1.03 bits per heavy atom. The first-order chi connectivity index (χ1) is 17.5. The van der Waals surface area contributed by atoms with E-state index in [0.717, 1.165) is 11.3 Å². The molecule has 0 aliphatic heterocycles. The SMILES string of the molecule is COc1ccc(/C=N/NC(=O)c2cc(-c3ccccc3)nc3c2c(C)nn3-c2ccccc2)cc1O. The summed E-state index contributed by atoms with van der Waals surface area (Å²) in [7, 11) is 1.48. The Kier molecular flexibility index (Phi) is 6.15. The number of pyridine rings is 1. The molecule has 0 aliphatic carbocycles. The number of nitrogens with one attached hydrogen (secondary N) is 1. The van der Waals surface area contributed by atoms with Crippen LogP contribution in [0.5, 0.6) is 11.5 Å². The molecule has 1 amide bonds. The van der Waals surface area contributed by atoms with Gasteiger partial charge in [0.05, 0.1) is 41.3 Å². The van der Waals surface area contributed by atoms with E-state index in [1.165, 1.54) is 19.4 Å². The monoisotopic (exact) mass is 477 g/mol. The molecule has 0 spiro atoms. The number of carbonyl (C=O) groups excluding carboxylic acids is 1.